The van der Waals surface area contributed by atoms with Crippen LogP contribution >= 0.6 is 0 Å². The summed E-state index contributed by atoms with van der Waals surface area (Å²) in [6.45, 7) is 3.36. The number of carbonyl (C=O) groups excluding carboxylic acids is 1. The predicted molar refractivity (Wildman–Crippen MR) is 86.8 cm³/mol. The van der Waals surface area contributed by atoms with Crippen LogP contribution < -0.4 is 15.5 Å². The van der Waals surface area contributed by atoms with Crippen molar-refractivity contribution in [2.24, 2.45) is 0 Å². The molecule has 114 valence electrons. The van der Waals surface area contributed by atoms with Gasteiger partial charge in [-0.3, -0.25) is 4.79 Å². The highest BCUT2D eigenvalue weighted by molar-refractivity contribution is 5.91. The summed E-state index contributed by atoms with van der Waals surface area (Å²) in [5, 5.41) is 6.47. The summed E-state index contributed by atoms with van der Waals surface area (Å²) < 4.78 is 0. The number of carbonyl (C=O) groups is 1. The molecule has 0 aromatic heterocycles. The van der Waals surface area contributed by atoms with Crippen LogP contribution in [0.25, 0.3) is 0 Å². The van der Waals surface area contributed by atoms with Crippen molar-refractivity contribution in [3.63, 3.8) is 0 Å². The van der Waals surface area contributed by atoms with E-state index in [1.165, 1.54) is 31.4 Å². The fourth-order valence-corrected chi connectivity index (χ4v) is 3.29. The lowest BCUT2D eigenvalue weighted by atomic mass is 10.1. The van der Waals surface area contributed by atoms with Gasteiger partial charge in [-0.05, 0) is 56.8 Å². The summed E-state index contributed by atoms with van der Waals surface area (Å²) in [7, 11) is 0. The van der Waals surface area contributed by atoms with Gasteiger partial charge < -0.3 is 15.5 Å². The molecule has 1 amide bonds. The first-order chi connectivity index (χ1) is 10.3. The minimum absolute atomic E-state index is 0.127. The number of rotatable bonds is 5. The number of amides is 1. The van der Waals surface area contributed by atoms with Crippen molar-refractivity contribution < 1.29 is 4.79 Å². The average molecular weight is 287 g/mol. The van der Waals surface area contributed by atoms with Crippen LogP contribution in [0.15, 0.2) is 24.3 Å². The Labute approximate surface area is 126 Å². The van der Waals surface area contributed by atoms with Crippen molar-refractivity contribution in [2.45, 2.75) is 44.6 Å². The maximum absolute atomic E-state index is 12.0. The monoisotopic (exact) mass is 287 g/mol. The molecule has 0 spiro atoms. The molecule has 2 N–H and O–H groups in total. The van der Waals surface area contributed by atoms with Crippen molar-refractivity contribution in [1.82, 2.24) is 5.32 Å². The quantitative estimate of drug-likeness (QED) is 0.875. The third kappa shape index (κ3) is 3.97. The van der Waals surface area contributed by atoms with E-state index in [1.54, 1.807) is 0 Å². The molecule has 2 aliphatic rings. The molecule has 2 saturated heterocycles. The SMILES string of the molecule is O=C(CCC1CCCN1)Nc1cccc(N2CCCC2)c1. The zero-order valence-corrected chi connectivity index (χ0v) is 12.6. The molecule has 1 aromatic carbocycles. The van der Waals surface area contributed by atoms with Crippen molar-refractivity contribution in [1.29, 1.82) is 0 Å². The molecule has 1 aromatic rings. The minimum Gasteiger partial charge on any atom is -0.371 e. The molecule has 0 saturated carbocycles. The van der Waals surface area contributed by atoms with Gasteiger partial charge in [0, 0.05) is 36.9 Å². The Morgan fingerprint density at radius 2 is 2.14 bits per heavy atom. The van der Waals surface area contributed by atoms with Crippen LogP contribution in [0.2, 0.25) is 0 Å². The molecular formula is C17H25N3O. The second-order valence-electron chi connectivity index (χ2n) is 6.12. The zero-order valence-electron chi connectivity index (χ0n) is 12.6. The van der Waals surface area contributed by atoms with E-state index < -0.39 is 0 Å². The van der Waals surface area contributed by atoms with Crippen LogP contribution in [0.1, 0.15) is 38.5 Å². The van der Waals surface area contributed by atoms with Crippen LogP contribution in [0, 0.1) is 0 Å². The molecule has 4 heteroatoms. The van der Waals surface area contributed by atoms with Gasteiger partial charge in [0.1, 0.15) is 0 Å². The fraction of sp³-hybridized carbons (Fsp3) is 0.588. The van der Waals surface area contributed by atoms with Gasteiger partial charge in [-0.2, -0.15) is 0 Å². The van der Waals surface area contributed by atoms with Gasteiger partial charge in [0.15, 0.2) is 0 Å². The number of benzene rings is 1. The maximum Gasteiger partial charge on any atom is 0.224 e. The Hall–Kier alpha value is -1.55. The predicted octanol–water partition coefficient (Wildman–Crippen LogP) is 2.76. The lowest BCUT2D eigenvalue weighted by molar-refractivity contribution is -0.116. The molecule has 4 nitrogen and oxygen atoms in total. The molecule has 21 heavy (non-hydrogen) atoms. The van der Waals surface area contributed by atoms with Gasteiger partial charge in [0.25, 0.3) is 0 Å². The first kappa shape index (κ1) is 14.4. The standard InChI is InChI=1S/C17H25N3O/c21-17(9-8-14-6-4-10-18-14)19-15-5-3-7-16(13-15)20-11-1-2-12-20/h3,5,7,13-14,18H,1-2,4,6,8-12H2,(H,19,21). The van der Waals surface area contributed by atoms with E-state index in [0.29, 0.717) is 12.5 Å². The van der Waals surface area contributed by atoms with E-state index in [-0.39, 0.29) is 5.91 Å². The van der Waals surface area contributed by atoms with E-state index in [2.05, 4.69) is 27.7 Å². The molecule has 1 unspecified atom stereocenters. The molecule has 0 bridgehead atoms. The Morgan fingerprint density at radius 3 is 2.90 bits per heavy atom. The maximum atomic E-state index is 12.0. The smallest absolute Gasteiger partial charge is 0.224 e. The van der Waals surface area contributed by atoms with Gasteiger partial charge >= 0.3 is 0 Å². The summed E-state index contributed by atoms with van der Waals surface area (Å²) in [5.41, 5.74) is 2.14. The van der Waals surface area contributed by atoms with Crippen LogP contribution in [-0.2, 0) is 4.79 Å². The number of hydrogen-bond donors (Lipinski definition) is 2. The van der Waals surface area contributed by atoms with Crippen molar-refractivity contribution in [2.75, 3.05) is 29.9 Å². The lowest BCUT2D eigenvalue weighted by Crippen LogP contribution is -2.23. The Morgan fingerprint density at radius 1 is 1.29 bits per heavy atom. The van der Waals surface area contributed by atoms with Gasteiger partial charge in [0.05, 0.1) is 0 Å². The largest absolute Gasteiger partial charge is 0.371 e. The first-order valence-corrected chi connectivity index (χ1v) is 8.19. The lowest BCUT2D eigenvalue weighted by Gasteiger charge is -2.18. The molecule has 2 fully saturated rings. The molecule has 3 rings (SSSR count). The van der Waals surface area contributed by atoms with Gasteiger partial charge in [0.2, 0.25) is 5.91 Å². The minimum atomic E-state index is 0.127. The van der Waals surface area contributed by atoms with Crippen LogP contribution in [-0.4, -0.2) is 31.6 Å². The Kier molecular flexibility index (Phi) is 4.76. The van der Waals surface area contributed by atoms with E-state index in [4.69, 9.17) is 0 Å². The molecule has 2 aliphatic heterocycles. The highest BCUT2D eigenvalue weighted by atomic mass is 16.1. The van der Waals surface area contributed by atoms with Crippen LogP contribution in [0.5, 0.6) is 0 Å². The summed E-state index contributed by atoms with van der Waals surface area (Å²) >= 11 is 0. The molecule has 2 heterocycles. The highest BCUT2D eigenvalue weighted by Gasteiger charge is 2.16. The Balaban J connectivity index is 1.51. The van der Waals surface area contributed by atoms with E-state index >= 15 is 0 Å². The molecule has 0 aliphatic carbocycles. The molecule has 1 atom stereocenters. The third-order valence-electron chi connectivity index (χ3n) is 4.48. The molecule has 0 radical (unpaired) electrons. The van der Waals surface area contributed by atoms with Crippen molar-refractivity contribution in [3.8, 4) is 0 Å². The zero-order chi connectivity index (χ0) is 14.5. The second kappa shape index (κ2) is 6.94. The second-order valence-corrected chi connectivity index (χ2v) is 6.12. The van der Waals surface area contributed by atoms with Gasteiger partial charge in [-0.25, -0.2) is 0 Å². The van der Waals surface area contributed by atoms with E-state index in [0.717, 1.165) is 31.7 Å². The topological polar surface area (TPSA) is 44.4 Å². The molecular weight excluding hydrogens is 262 g/mol. The van der Waals surface area contributed by atoms with E-state index in [1.807, 2.05) is 12.1 Å². The average Bonchev–Trinajstić information content (AvgIpc) is 3.19. The first-order valence-electron chi connectivity index (χ1n) is 8.19. The fourth-order valence-electron chi connectivity index (χ4n) is 3.29. The summed E-state index contributed by atoms with van der Waals surface area (Å²) in [6.07, 6.45) is 6.53. The van der Waals surface area contributed by atoms with Crippen LogP contribution in [0.3, 0.4) is 0 Å². The highest BCUT2D eigenvalue weighted by Crippen LogP contribution is 2.23. The van der Waals surface area contributed by atoms with Crippen molar-refractivity contribution in [3.05, 3.63) is 24.3 Å². The normalized spacial score (nSPS) is 21.7. The van der Waals surface area contributed by atoms with Gasteiger partial charge in [-0.15, -0.1) is 0 Å². The number of anilines is 2. The number of nitrogens with one attached hydrogen (secondary N) is 2. The summed E-state index contributed by atoms with van der Waals surface area (Å²) in [4.78, 5) is 14.4. The van der Waals surface area contributed by atoms with Gasteiger partial charge in [-0.1, -0.05) is 6.07 Å². The van der Waals surface area contributed by atoms with Crippen molar-refractivity contribution >= 4 is 17.3 Å². The number of nitrogens with zero attached hydrogens (tertiary/aromatic N) is 1. The Bertz CT molecular complexity index is 477. The van der Waals surface area contributed by atoms with E-state index in [9.17, 15) is 4.79 Å². The number of hydrogen-bond acceptors (Lipinski definition) is 3. The van der Waals surface area contributed by atoms with Crippen LogP contribution in [0.4, 0.5) is 11.4 Å². The summed E-state index contributed by atoms with van der Waals surface area (Å²) in [5.74, 6) is 0.127. The summed E-state index contributed by atoms with van der Waals surface area (Å²) in [6, 6.07) is 8.76. The third-order valence-corrected chi connectivity index (χ3v) is 4.48.